The fourth-order valence-corrected chi connectivity index (χ4v) is 5.43. The third-order valence-corrected chi connectivity index (χ3v) is 7.77. The van der Waals surface area contributed by atoms with Crippen LogP contribution in [0.2, 0.25) is 5.15 Å². The number of likely N-dealkylation sites (N-methyl/N-ethyl adjacent to an activating group) is 1. The lowest BCUT2D eigenvalue weighted by molar-refractivity contribution is -0.113. The molecule has 0 saturated carbocycles. The van der Waals surface area contributed by atoms with Crippen LogP contribution in [-0.2, 0) is 11.3 Å². The number of carbonyl (C=O) groups excluding carboxylic acids is 2. The van der Waals surface area contributed by atoms with Crippen LogP contribution in [0.3, 0.4) is 0 Å². The van der Waals surface area contributed by atoms with Gasteiger partial charge in [0.2, 0.25) is 5.95 Å². The van der Waals surface area contributed by atoms with E-state index in [0.717, 1.165) is 43.9 Å². The number of aromatic nitrogens is 4. The maximum Gasteiger partial charge on any atom is 0.260 e. The number of nitrogen functional groups attached to an aromatic ring is 1. The molecule has 12 nitrogen and oxygen atoms in total. The zero-order chi connectivity index (χ0) is 29.3. The first-order valence-corrected chi connectivity index (χ1v) is 13.8. The van der Waals surface area contributed by atoms with Gasteiger partial charge in [0.05, 0.1) is 36.0 Å². The number of H-pyrrole nitrogens is 1. The molecule has 4 N–H and O–H groups in total. The molecule has 1 saturated heterocycles. The molecule has 0 aromatic carbocycles. The average Bonchev–Trinajstić information content (AvgIpc) is 3.50. The zero-order valence-corrected chi connectivity index (χ0v) is 24.4. The second-order valence-electron chi connectivity index (χ2n) is 10.3. The molecule has 0 bridgehead atoms. The van der Waals surface area contributed by atoms with E-state index >= 15 is 0 Å². The van der Waals surface area contributed by atoms with E-state index in [-0.39, 0.29) is 35.0 Å². The third kappa shape index (κ3) is 5.90. The first kappa shape index (κ1) is 28.5. The summed E-state index contributed by atoms with van der Waals surface area (Å²) in [6.45, 7) is 9.32. The van der Waals surface area contributed by atoms with Gasteiger partial charge in [0.25, 0.3) is 11.8 Å². The predicted molar refractivity (Wildman–Crippen MR) is 158 cm³/mol. The van der Waals surface area contributed by atoms with E-state index in [0.29, 0.717) is 40.6 Å². The summed E-state index contributed by atoms with van der Waals surface area (Å²) in [5.41, 5.74) is 9.94. The van der Waals surface area contributed by atoms with Crippen LogP contribution in [0, 0.1) is 13.8 Å². The Morgan fingerprint density at radius 1 is 1.24 bits per heavy atom. The lowest BCUT2D eigenvalue weighted by Crippen LogP contribution is -2.46. The lowest BCUT2D eigenvalue weighted by Gasteiger charge is -2.32. The van der Waals surface area contributed by atoms with E-state index in [1.165, 1.54) is 4.90 Å². The number of hydrogen-bond donors (Lipinski definition) is 3. The molecule has 0 aliphatic carbocycles. The summed E-state index contributed by atoms with van der Waals surface area (Å²) in [5.74, 6) is 0.431. The largest absolute Gasteiger partial charge is 0.496 e. The van der Waals surface area contributed by atoms with Crippen LogP contribution < -0.4 is 20.7 Å². The van der Waals surface area contributed by atoms with E-state index in [4.69, 9.17) is 22.1 Å². The molecule has 0 atom stereocenters. The van der Waals surface area contributed by atoms with Crippen molar-refractivity contribution in [2.75, 3.05) is 64.1 Å². The van der Waals surface area contributed by atoms with E-state index in [2.05, 4.69) is 42.1 Å². The van der Waals surface area contributed by atoms with Crippen molar-refractivity contribution in [1.82, 2.24) is 35.1 Å². The molecule has 2 aliphatic heterocycles. The molecule has 5 heterocycles. The maximum atomic E-state index is 13.8. The third-order valence-electron chi connectivity index (χ3n) is 7.50. The molecule has 5 rings (SSSR count). The summed E-state index contributed by atoms with van der Waals surface area (Å²) >= 11 is 6.49. The Morgan fingerprint density at radius 2 is 2.00 bits per heavy atom. The number of nitrogens with two attached hydrogens (primary N) is 1. The first-order chi connectivity index (χ1) is 19.7. The SMILES string of the molecule is COc1c(C)cnc(CN2C(=O)/C(=C/c3cc(C(=O)NCCN4CCN(C)CC4)c[nH]3)c3c(Cl)nc(N)nc32)c1C. The normalized spacial score (nSPS) is 16.9. The molecule has 2 aliphatic rings. The summed E-state index contributed by atoms with van der Waals surface area (Å²) in [7, 11) is 3.71. The fraction of sp³-hybridized carbons (Fsp3) is 0.393. The number of aromatic amines is 1. The molecular weight excluding hydrogens is 546 g/mol. The quantitative estimate of drug-likeness (QED) is 0.270. The van der Waals surface area contributed by atoms with Gasteiger partial charge < -0.3 is 25.7 Å². The minimum Gasteiger partial charge on any atom is -0.496 e. The zero-order valence-electron chi connectivity index (χ0n) is 23.6. The highest BCUT2D eigenvalue weighted by atomic mass is 35.5. The molecule has 216 valence electrons. The maximum absolute atomic E-state index is 13.8. The summed E-state index contributed by atoms with van der Waals surface area (Å²) in [5, 5.41) is 3.04. The summed E-state index contributed by atoms with van der Waals surface area (Å²) < 4.78 is 5.53. The van der Waals surface area contributed by atoms with E-state index in [1.54, 1.807) is 31.6 Å². The molecule has 0 unspecified atom stereocenters. The molecular formula is C28H34ClN9O3. The number of rotatable bonds is 8. The monoisotopic (exact) mass is 579 g/mol. The van der Waals surface area contributed by atoms with E-state index in [1.807, 2.05) is 13.8 Å². The molecule has 3 aromatic rings. The Hall–Kier alpha value is -4.00. The number of fused-ring (bicyclic) bond motifs is 1. The molecule has 1 fully saturated rings. The number of amides is 2. The molecule has 3 aromatic heterocycles. The molecule has 41 heavy (non-hydrogen) atoms. The van der Waals surface area contributed by atoms with Crippen molar-refractivity contribution in [3.8, 4) is 5.75 Å². The molecule has 0 spiro atoms. The van der Waals surface area contributed by atoms with Crippen molar-refractivity contribution in [2.24, 2.45) is 0 Å². The van der Waals surface area contributed by atoms with Crippen molar-refractivity contribution < 1.29 is 14.3 Å². The first-order valence-electron chi connectivity index (χ1n) is 13.4. The highest BCUT2D eigenvalue weighted by Crippen LogP contribution is 2.41. The van der Waals surface area contributed by atoms with Crippen LogP contribution in [-0.4, -0.2) is 95.0 Å². The lowest BCUT2D eigenvalue weighted by atomic mass is 10.1. The highest BCUT2D eigenvalue weighted by molar-refractivity contribution is 6.41. The number of anilines is 2. The van der Waals surface area contributed by atoms with Crippen LogP contribution in [0.5, 0.6) is 5.75 Å². The number of carbonyl (C=O) groups is 2. The average molecular weight is 580 g/mol. The number of halogens is 1. The van der Waals surface area contributed by atoms with Crippen molar-refractivity contribution >= 4 is 46.8 Å². The second-order valence-corrected chi connectivity index (χ2v) is 10.7. The van der Waals surface area contributed by atoms with Crippen molar-refractivity contribution in [3.05, 3.63) is 57.3 Å². The molecule has 0 radical (unpaired) electrons. The summed E-state index contributed by atoms with van der Waals surface area (Å²) in [4.78, 5) is 48.7. The Labute approximate surface area is 243 Å². The van der Waals surface area contributed by atoms with Crippen LogP contribution in [0.15, 0.2) is 18.5 Å². The van der Waals surface area contributed by atoms with Gasteiger partial charge in [-0.1, -0.05) is 11.6 Å². The minimum atomic E-state index is -0.338. The van der Waals surface area contributed by atoms with Gasteiger partial charge in [-0.2, -0.15) is 4.98 Å². The Morgan fingerprint density at radius 3 is 2.73 bits per heavy atom. The topological polar surface area (TPSA) is 146 Å². The van der Waals surface area contributed by atoms with Gasteiger partial charge in [-0.3, -0.25) is 24.4 Å². The van der Waals surface area contributed by atoms with Gasteiger partial charge in [0.1, 0.15) is 10.9 Å². The van der Waals surface area contributed by atoms with Gasteiger partial charge in [-0.15, -0.1) is 0 Å². The number of aryl methyl sites for hydroxylation is 1. The Bertz CT molecular complexity index is 1510. The summed E-state index contributed by atoms with van der Waals surface area (Å²) in [6.07, 6.45) is 4.96. The minimum absolute atomic E-state index is 0.0469. The highest BCUT2D eigenvalue weighted by Gasteiger charge is 2.37. The van der Waals surface area contributed by atoms with Crippen molar-refractivity contribution in [3.63, 3.8) is 0 Å². The van der Waals surface area contributed by atoms with Gasteiger partial charge >= 0.3 is 0 Å². The van der Waals surface area contributed by atoms with E-state index in [9.17, 15) is 9.59 Å². The fourth-order valence-electron chi connectivity index (χ4n) is 5.16. The Balaban J connectivity index is 1.36. The number of nitrogens with one attached hydrogen (secondary N) is 2. The van der Waals surface area contributed by atoms with Crippen molar-refractivity contribution in [1.29, 1.82) is 0 Å². The van der Waals surface area contributed by atoms with Crippen molar-refractivity contribution in [2.45, 2.75) is 20.4 Å². The molecule has 2 amide bonds. The number of nitrogens with zero attached hydrogens (tertiary/aromatic N) is 6. The van der Waals surface area contributed by atoms with Crippen LogP contribution in [0.1, 0.15) is 38.4 Å². The van der Waals surface area contributed by atoms with Crippen LogP contribution in [0.4, 0.5) is 11.8 Å². The summed E-state index contributed by atoms with van der Waals surface area (Å²) in [6, 6.07) is 1.69. The van der Waals surface area contributed by atoms with Crippen LogP contribution >= 0.6 is 11.6 Å². The van der Waals surface area contributed by atoms with Gasteiger partial charge in [-0.05, 0) is 33.0 Å². The molecule has 13 heteroatoms. The predicted octanol–water partition coefficient (Wildman–Crippen LogP) is 2.13. The van der Waals surface area contributed by atoms with Gasteiger partial charge in [0.15, 0.2) is 5.82 Å². The smallest absolute Gasteiger partial charge is 0.260 e. The number of methoxy groups -OCH3 is 1. The van der Waals surface area contributed by atoms with Gasteiger partial charge in [0, 0.05) is 68.5 Å². The number of piperazine rings is 1. The number of hydrogen-bond acceptors (Lipinski definition) is 9. The second kappa shape index (κ2) is 11.9. The number of pyridine rings is 1. The number of ether oxygens (including phenoxy) is 1. The van der Waals surface area contributed by atoms with Gasteiger partial charge in [-0.25, -0.2) is 4.98 Å². The standard InChI is InChI=1S/C28H34ClN9O3/c1-16-13-33-21(17(2)23(16)41-4)15-38-25-22(24(29)34-28(30)35-25)20(27(38)40)12-19-11-18(14-32-19)26(39)31-5-6-37-9-7-36(3)8-10-37/h11-14,32H,5-10,15H2,1-4H3,(H,31,39)(H2,30,34,35)/b20-12+. The Kier molecular flexibility index (Phi) is 8.25. The van der Waals surface area contributed by atoms with Crippen LogP contribution in [0.25, 0.3) is 11.6 Å². The van der Waals surface area contributed by atoms with E-state index < -0.39 is 0 Å².